The first kappa shape index (κ1) is 20.1. The Morgan fingerprint density at radius 1 is 0.857 bits per heavy atom. The second kappa shape index (κ2) is 8.55. The molecule has 0 atom stereocenters. The number of nitrogens with zero attached hydrogens (tertiary/aromatic N) is 3. The van der Waals surface area contributed by atoms with E-state index in [2.05, 4.69) is 33.7 Å². The Kier molecular flexibility index (Phi) is 6.13. The molecule has 1 aliphatic rings. The number of pyridine rings is 1. The highest BCUT2D eigenvalue weighted by molar-refractivity contribution is 5.96. The zero-order chi connectivity index (χ0) is 18.8. The molecule has 6 heteroatoms. The van der Waals surface area contributed by atoms with Crippen molar-refractivity contribution in [2.24, 2.45) is 0 Å². The Bertz CT molecular complexity index is 1030. The minimum absolute atomic E-state index is 0. The van der Waals surface area contributed by atoms with Crippen LogP contribution in [0.25, 0.3) is 10.8 Å². The van der Waals surface area contributed by atoms with Crippen LogP contribution in [0.5, 0.6) is 0 Å². The van der Waals surface area contributed by atoms with Crippen molar-refractivity contribution in [1.29, 1.82) is 0 Å². The Balaban J connectivity index is 0.00000225. The van der Waals surface area contributed by atoms with E-state index in [1.807, 2.05) is 24.3 Å². The summed E-state index contributed by atoms with van der Waals surface area (Å²) in [5.41, 5.74) is 0.441. The van der Waals surface area contributed by atoms with Gasteiger partial charge in [0.15, 0.2) is 0 Å². The van der Waals surface area contributed by atoms with Crippen LogP contribution in [0.3, 0.4) is 0 Å². The molecular formula is C22H20ClF2N3. The highest BCUT2D eigenvalue weighted by atomic mass is 35.5. The molecular weight excluding hydrogens is 380 g/mol. The third kappa shape index (κ3) is 3.94. The number of fused-ring (bicyclic) bond motifs is 1. The number of benzene rings is 2. The van der Waals surface area contributed by atoms with Gasteiger partial charge in [0.05, 0.1) is 11.1 Å². The van der Waals surface area contributed by atoms with Gasteiger partial charge in [0, 0.05) is 43.1 Å². The van der Waals surface area contributed by atoms with Gasteiger partial charge in [0.1, 0.15) is 17.5 Å². The maximum absolute atomic E-state index is 13.8. The number of halogens is 3. The van der Waals surface area contributed by atoms with Crippen molar-refractivity contribution in [3.63, 3.8) is 0 Å². The summed E-state index contributed by atoms with van der Waals surface area (Å²) in [6.07, 6.45) is 1.70. The van der Waals surface area contributed by atoms with Crippen LogP contribution < -0.4 is 4.90 Å². The molecule has 3 aromatic rings. The number of aromatic nitrogens is 1. The SMILES string of the molecule is CN1CCN(c2ncc(C#Cc3c(F)cccc3F)c3ccccc23)CC1.Cl. The second-order valence-corrected chi connectivity index (χ2v) is 6.68. The van der Waals surface area contributed by atoms with Gasteiger partial charge in [-0.2, -0.15) is 0 Å². The molecule has 28 heavy (non-hydrogen) atoms. The number of rotatable bonds is 1. The van der Waals surface area contributed by atoms with Gasteiger partial charge in [-0.1, -0.05) is 42.2 Å². The van der Waals surface area contributed by atoms with E-state index in [9.17, 15) is 8.78 Å². The second-order valence-electron chi connectivity index (χ2n) is 6.68. The van der Waals surface area contributed by atoms with Crippen molar-refractivity contribution in [1.82, 2.24) is 9.88 Å². The van der Waals surface area contributed by atoms with E-state index in [1.165, 1.54) is 18.2 Å². The summed E-state index contributed by atoms with van der Waals surface area (Å²) in [6.45, 7) is 3.81. The van der Waals surface area contributed by atoms with E-state index < -0.39 is 11.6 Å². The highest BCUT2D eigenvalue weighted by Gasteiger charge is 2.18. The molecule has 0 bridgehead atoms. The zero-order valence-corrected chi connectivity index (χ0v) is 16.3. The summed E-state index contributed by atoms with van der Waals surface area (Å²) in [6, 6.07) is 11.6. The van der Waals surface area contributed by atoms with Gasteiger partial charge in [-0.3, -0.25) is 0 Å². The monoisotopic (exact) mass is 399 g/mol. The third-order valence-electron chi connectivity index (χ3n) is 4.86. The van der Waals surface area contributed by atoms with Gasteiger partial charge in [0.2, 0.25) is 0 Å². The Hall–Kier alpha value is -2.68. The van der Waals surface area contributed by atoms with Gasteiger partial charge in [0.25, 0.3) is 0 Å². The minimum atomic E-state index is -0.658. The largest absolute Gasteiger partial charge is 0.354 e. The summed E-state index contributed by atoms with van der Waals surface area (Å²) in [5, 5.41) is 1.94. The van der Waals surface area contributed by atoms with Crippen LogP contribution in [-0.2, 0) is 0 Å². The van der Waals surface area contributed by atoms with Gasteiger partial charge >= 0.3 is 0 Å². The third-order valence-corrected chi connectivity index (χ3v) is 4.86. The summed E-state index contributed by atoms with van der Waals surface area (Å²) in [5.74, 6) is 5.15. The average molecular weight is 400 g/mol. The lowest BCUT2D eigenvalue weighted by Gasteiger charge is -2.33. The number of anilines is 1. The van der Waals surface area contributed by atoms with Crippen molar-refractivity contribution < 1.29 is 8.78 Å². The lowest BCUT2D eigenvalue weighted by Crippen LogP contribution is -2.44. The molecule has 4 rings (SSSR count). The molecule has 144 valence electrons. The summed E-state index contributed by atoms with van der Waals surface area (Å²) in [4.78, 5) is 9.20. The van der Waals surface area contributed by atoms with Crippen LogP contribution in [0.4, 0.5) is 14.6 Å². The van der Waals surface area contributed by atoms with E-state index in [0.29, 0.717) is 5.56 Å². The van der Waals surface area contributed by atoms with Crippen LogP contribution in [0.15, 0.2) is 48.7 Å². The number of likely N-dealkylation sites (N-methyl/N-ethyl adjacent to an activating group) is 1. The molecule has 0 unspecified atom stereocenters. The van der Waals surface area contributed by atoms with Crippen molar-refractivity contribution in [2.45, 2.75) is 0 Å². The lowest BCUT2D eigenvalue weighted by atomic mass is 10.1. The average Bonchev–Trinajstić information content (AvgIpc) is 2.68. The van der Waals surface area contributed by atoms with Gasteiger partial charge < -0.3 is 9.80 Å². The fraction of sp³-hybridized carbons (Fsp3) is 0.227. The van der Waals surface area contributed by atoms with Crippen LogP contribution in [0.2, 0.25) is 0 Å². The normalized spacial score (nSPS) is 14.3. The molecule has 0 amide bonds. The van der Waals surface area contributed by atoms with Crippen molar-refractivity contribution in [2.75, 3.05) is 38.1 Å². The first-order valence-corrected chi connectivity index (χ1v) is 8.91. The van der Waals surface area contributed by atoms with Gasteiger partial charge in [-0.15, -0.1) is 12.4 Å². The van der Waals surface area contributed by atoms with Crippen LogP contribution in [0, 0.1) is 23.5 Å². The number of piperazine rings is 1. The quantitative estimate of drug-likeness (QED) is 0.575. The Morgan fingerprint density at radius 2 is 1.50 bits per heavy atom. The molecule has 0 aliphatic carbocycles. The van der Waals surface area contributed by atoms with Crippen LogP contribution >= 0.6 is 12.4 Å². The maximum atomic E-state index is 13.8. The molecule has 3 nitrogen and oxygen atoms in total. The predicted molar refractivity (Wildman–Crippen MR) is 111 cm³/mol. The first-order valence-electron chi connectivity index (χ1n) is 8.91. The fourth-order valence-corrected chi connectivity index (χ4v) is 3.29. The number of hydrogen-bond acceptors (Lipinski definition) is 3. The molecule has 2 heterocycles. The van der Waals surface area contributed by atoms with E-state index in [0.717, 1.165) is 42.8 Å². The Labute approximate surface area is 169 Å². The predicted octanol–water partition coefficient (Wildman–Crippen LogP) is 4.09. The number of hydrogen-bond donors (Lipinski definition) is 0. The maximum Gasteiger partial charge on any atom is 0.141 e. The summed E-state index contributed by atoms with van der Waals surface area (Å²) >= 11 is 0. The van der Waals surface area contributed by atoms with Crippen molar-refractivity contribution >= 4 is 29.0 Å². The Morgan fingerprint density at radius 3 is 2.18 bits per heavy atom. The molecule has 1 fully saturated rings. The van der Waals surface area contributed by atoms with Crippen molar-refractivity contribution in [3.8, 4) is 11.8 Å². The smallest absolute Gasteiger partial charge is 0.141 e. The fourth-order valence-electron chi connectivity index (χ4n) is 3.29. The van der Waals surface area contributed by atoms with Gasteiger partial charge in [-0.05, 0) is 19.2 Å². The van der Waals surface area contributed by atoms with E-state index in [1.54, 1.807) is 6.20 Å². The molecule has 0 N–H and O–H groups in total. The first-order chi connectivity index (χ1) is 13.1. The summed E-state index contributed by atoms with van der Waals surface area (Å²) < 4.78 is 27.7. The van der Waals surface area contributed by atoms with E-state index in [-0.39, 0.29) is 18.0 Å². The standard InChI is InChI=1S/C22H19F2N3.ClH/c1-26-11-13-27(14-12-26)22-18-6-3-2-5-17(18)16(15-25-22)9-10-19-20(23)7-4-8-21(19)24;/h2-8,15H,11-14H2,1H3;1H. The topological polar surface area (TPSA) is 19.4 Å². The minimum Gasteiger partial charge on any atom is -0.354 e. The van der Waals surface area contributed by atoms with Crippen LogP contribution in [0.1, 0.15) is 11.1 Å². The molecule has 1 aliphatic heterocycles. The molecule has 0 saturated carbocycles. The molecule has 0 spiro atoms. The molecule has 0 radical (unpaired) electrons. The van der Waals surface area contributed by atoms with E-state index >= 15 is 0 Å². The molecule has 1 aromatic heterocycles. The molecule has 1 saturated heterocycles. The zero-order valence-electron chi connectivity index (χ0n) is 15.5. The highest BCUT2D eigenvalue weighted by Crippen LogP contribution is 2.27. The van der Waals surface area contributed by atoms with E-state index in [4.69, 9.17) is 0 Å². The lowest BCUT2D eigenvalue weighted by molar-refractivity contribution is 0.312. The molecule has 2 aromatic carbocycles. The van der Waals surface area contributed by atoms with Crippen molar-refractivity contribution in [3.05, 3.63) is 71.4 Å². The van der Waals surface area contributed by atoms with Gasteiger partial charge in [-0.25, -0.2) is 13.8 Å². The van der Waals surface area contributed by atoms with Crippen LogP contribution in [-0.4, -0.2) is 43.1 Å². The summed E-state index contributed by atoms with van der Waals surface area (Å²) in [7, 11) is 2.11.